The highest BCUT2D eigenvalue weighted by Crippen LogP contribution is 2.31. The van der Waals surface area contributed by atoms with E-state index < -0.39 is 0 Å². The first-order valence-corrected chi connectivity index (χ1v) is 8.52. The quantitative estimate of drug-likeness (QED) is 0.762. The van der Waals surface area contributed by atoms with Gasteiger partial charge in [0.25, 0.3) is 0 Å². The maximum atomic E-state index is 12.3. The Morgan fingerprint density at radius 3 is 2.65 bits per heavy atom. The van der Waals surface area contributed by atoms with Crippen LogP contribution in [0.2, 0.25) is 0 Å². The standard InChI is InChI=1S/C21H20N2O2.ClH/c24-21-14-22-11-12-23(21)20-8-4-7-17-9-10-18(13-19(17)20)25-15-16-5-2-1-3-6-16;/h1-10,13,22H,11-12,14-15H2;1H. The second kappa shape index (κ2) is 8.21. The largest absolute Gasteiger partial charge is 0.489 e. The molecule has 1 saturated heterocycles. The van der Waals surface area contributed by atoms with Crippen LogP contribution in [0.15, 0.2) is 66.7 Å². The van der Waals surface area contributed by atoms with Crippen molar-refractivity contribution in [2.24, 2.45) is 0 Å². The number of amides is 1. The fraction of sp³-hybridized carbons (Fsp3) is 0.190. The summed E-state index contributed by atoms with van der Waals surface area (Å²) < 4.78 is 5.95. The van der Waals surface area contributed by atoms with Gasteiger partial charge in [-0.05, 0) is 29.1 Å². The molecular weight excluding hydrogens is 348 g/mol. The molecule has 3 aromatic rings. The molecule has 1 N–H and O–H groups in total. The van der Waals surface area contributed by atoms with Gasteiger partial charge in [-0.1, -0.05) is 48.5 Å². The van der Waals surface area contributed by atoms with E-state index in [2.05, 4.69) is 11.4 Å². The molecule has 0 bridgehead atoms. The van der Waals surface area contributed by atoms with Gasteiger partial charge in [0.2, 0.25) is 5.91 Å². The molecule has 1 aliphatic heterocycles. The van der Waals surface area contributed by atoms with Crippen molar-refractivity contribution >= 4 is 34.8 Å². The van der Waals surface area contributed by atoms with Crippen LogP contribution in [-0.2, 0) is 11.4 Å². The van der Waals surface area contributed by atoms with Crippen molar-refractivity contribution in [3.8, 4) is 5.75 Å². The Bertz CT molecular complexity index is 899. The maximum absolute atomic E-state index is 12.3. The predicted octanol–water partition coefficient (Wildman–Crippen LogP) is 3.78. The van der Waals surface area contributed by atoms with Crippen molar-refractivity contribution < 1.29 is 9.53 Å². The zero-order chi connectivity index (χ0) is 17.1. The molecule has 0 spiro atoms. The number of carbonyl (C=O) groups excluding carboxylic acids is 1. The minimum atomic E-state index is 0. The molecule has 5 heteroatoms. The van der Waals surface area contributed by atoms with E-state index in [-0.39, 0.29) is 18.3 Å². The van der Waals surface area contributed by atoms with Gasteiger partial charge in [-0.3, -0.25) is 4.79 Å². The fourth-order valence-corrected chi connectivity index (χ4v) is 3.16. The van der Waals surface area contributed by atoms with Gasteiger partial charge in [-0.2, -0.15) is 0 Å². The average Bonchev–Trinajstić information content (AvgIpc) is 2.67. The second-order valence-electron chi connectivity index (χ2n) is 6.16. The van der Waals surface area contributed by atoms with E-state index in [1.54, 1.807) is 0 Å². The highest BCUT2D eigenvalue weighted by atomic mass is 35.5. The van der Waals surface area contributed by atoms with Crippen LogP contribution in [0.5, 0.6) is 5.75 Å². The smallest absolute Gasteiger partial charge is 0.241 e. The van der Waals surface area contributed by atoms with E-state index in [1.165, 1.54) is 0 Å². The van der Waals surface area contributed by atoms with E-state index in [1.807, 2.05) is 65.6 Å². The molecule has 0 atom stereocenters. The summed E-state index contributed by atoms with van der Waals surface area (Å²) in [7, 11) is 0. The van der Waals surface area contributed by atoms with Crippen LogP contribution < -0.4 is 15.0 Å². The fourth-order valence-electron chi connectivity index (χ4n) is 3.16. The zero-order valence-electron chi connectivity index (χ0n) is 14.4. The average molecular weight is 369 g/mol. The number of nitrogens with zero attached hydrogens (tertiary/aromatic N) is 1. The summed E-state index contributed by atoms with van der Waals surface area (Å²) in [6, 6.07) is 22.2. The molecule has 0 aromatic heterocycles. The summed E-state index contributed by atoms with van der Waals surface area (Å²) in [5, 5.41) is 5.27. The summed E-state index contributed by atoms with van der Waals surface area (Å²) >= 11 is 0. The lowest BCUT2D eigenvalue weighted by atomic mass is 10.1. The number of benzene rings is 3. The third kappa shape index (κ3) is 3.82. The van der Waals surface area contributed by atoms with Gasteiger partial charge in [0, 0.05) is 18.5 Å². The van der Waals surface area contributed by atoms with Crippen LogP contribution in [0.25, 0.3) is 10.8 Å². The third-order valence-electron chi connectivity index (χ3n) is 4.46. The van der Waals surface area contributed by atoms with Gasteiger partial charge >= 0.3 is 0 Å². The molecule has 0 saturated carbocycles. The molecule has 0 unspecified atom stereocenters. The first kappa shape index (κ1) is 18.2. The maximum Gasteiger partial charge on any atom is 0.241 e. The van der Waals surface area contributed by atoms with Gasteiger partial charge < -0.3 is 15.0 Å². The highest BCUT2D eigenvalue weighted by Gasteiger charge is 2.20. The third-order valence-corrected chi connectivity index (χ3v) is 4.46. The summed E-state index contributed by atoms with van der Waals surface area (Å²) in [6.45, 7) is 2.42. The van der Waals surface area contributed by atoms with Gasteiger partial charge in [-0.15, -0.1) is 12.4 Å². The first-order valence-electron chi connectivity index (χ1n) is 8.52. The molecule has 1 heterocycles. The normalized spacial score (nSPS) is 14.2. The molecular formula is C21H21ClN2O2. The van der Waals surface area contributed by atoms with Crippen LogP contribution in [0.3, 0.4) is 0 Å². The molecule has 4 nitrogen and oxygen atoms in total. The lowest BCUT2D eigenvalue weighted by molar-refractivity contribution is -0.118. The number of hydrogen-bond donors (Lipinski definition) is 1. The molecule has 1 amide bonds. The highest BCUT2D eigenvalue weighted by molar-refractivity contribution is 6.05. The lowest BCUT2D eigenvalue weighted by Gasteiger charge is -2.28. The van der Waals surface area contributed by atoms with E-state index in [0.29, 0.717) is 19.7 Å². The summed E-state index contributed by atoms with van der Waals surface area (Å²) in [6.07, 6.45) is 0. The Morgan fingerprint density at radius 1 is 1.00 bits per heavy atom. The molecule has 134 valence electrons. The van der Waals surface area contributed by atoms with Crippen molar-refractivity contribution in [1.29, 1.82) is 0 Å². The number of hydrogen-bond acceptors (Lipinski definition) is 3. The Kier molecular flexibility index (Phi) is 5.76. The van der Waals surface area contributed by atoms with Crippen LogP contribution in [0.4, 0.5) is 5.69 Å². The zero-order valence-corrected chi connectivity index (χ0v) is 15.2. The number of rotatable bonds is 4. The summed E-state index contributed by atoms with van der Waals surface area (Å²) in [5.41, 5.74) is 2.09. The second-order valence-corrected chi connectivity index (χ2v) is 6.16. The van der Waals surface area contributed by atoms with Gasteiger partial charge in [0.05, 0.1) is 12.2 Å². The van der Waals surface area contributed by atoms with E-state index >= 15 is 0 Å². The Labute approximate surface area is 159 Å². The molecule has 0 radical (unpaired) electrons. The Morgan fingerprint density at radius 2 is 1.85 bits per heavy atom. The Hall–Kier alpha value is -2.56. The molecule has 1 fully saturated rings. The minimum Gasteiger partial charge on any atom is -0.489 e. The number of piperazine rings is 1. The van der Waals surface area contributed by atoms with Crippen LogP contribution in [0, 0.1) is 0 Å². The number of carbonyl (C=O) groups is 1. The first-order chi connectivity index (χ1) is 12.3. The molecule has 26 heavy (non-hydrogen) atoms. The number of halogens is 1. The summed E-state index contributed by atoms with van der Waals surface area (Å²) in [4.78, 5) is 14.1. The van der Waals surface area contributed by atoms with Gasteiger partial charge in [0.15, 0.2) is 0 Å². The van der Waals surface area contributed by atoms with Crippen molar-refractivity contribution in [2.75, 3.05) is 24.5 Å². The van der Waals surface area contributed by atoms with Crippen LogP contribution >= 0.6 is 12.4 Å². The molecule has 0 aliphatic carbocycles. The van der Waals surface area contributed by atoms with Crippen molar-refractivity contribution in [1.82, 2.24) is 5.32 Å². The Balaban J connectivity index is 0.00000196. The molecule has 1 aliphatic rings. The number of nitrogens with one attached hydrogen (secondary N) is 1. The number of anilines is 1. The number of ether oxygens (including phenoxy) is 1. The van der Waals surface area contributed by atoms with Crippen molar-refractivity contribution in [3.63, 3.8) is 0 Å². The number of fused-ring (bicyclic) bond motifs is 1. The van der Waals surface area contributed by atoms with E-state index in [4.69, 9.17) is 4.74 Å². The van der Waals surface area contributed by atoms with E-state index in [9.17, 15) is 4.79 Å². The monoisotopic (exact) mass is 368 g/mol. The van der Waals surface area contributed by atoms with Gasteiger partial charge in [-0.25, -0.2) is 0 Å². The van der Waals surface area contributed by atoms with Crippen LogP contribution in [-0.4, -0.2) is 25.5 Å². The topological polar surface area (TPSA) is 41.6 Å². The minimum absolute atomic E-state index is 0. The van der Waals surface area contributed by atoms with Crippen LogP contribution in [0.1, 0.15) is 5.56 Å². The van der Waals surface area contributed by atoms with E-state index in [0.717, 1.165) is 34.3 Å². The van der Waals surface area contributed by atoms with Gasteiger partial charge in [0.1, 0.15) is 12.4 Å². The SMILES string of the molecule is Cl.O=C1CNCCN1c1cccc2ccc(OCc3ccccc3)cc12. The predicted molar refractivity (Wildman–Crippen MR) is 107 cm³/mol. The lowest BCUT2D eigenvalue weighted by Crippen LogP contribution is -2.48. The summed E-state index contributed by atoms with van der Waals surface area (Å²) in [5.74, 6) is 0.917. The van der Waals surface area contributed by atoms with Crippen molar-refractivity contribution in [3.05, 3.63) is 72.3 Å². The van der Waals surface area contributed by atoms with Crippen molar-refractivity contribution in [2.45, 2.75) is 6.61 Å². The molecule has 4 rings (SSSR count). The molecule has 3 aromatic carbocycles.